The Kier molecular flexibility index (Phi) is 3.75. The summed E-state index contributed by atoms with van der Waals surface area (Å²) in [4.78, 5) is 2.28. The van der Waals surface area contributed by atoms with Crippen molar-refractivity contribution in [3.63, 3.8) is 0 Å². The minimum absolute atomic E-state index is 0.102. The first kappa shape index (κ1) is 14.5. The van der Waals surface area contributed by atoms with Crippen LogP contribution in [0.2, 0.25) is 0 Å². The van der Waals surface area contributed by atoms with Crippen molar-refractivity contribution in [2.24, 2.45) is 5.10 Å². The number of hydrogen-bond donors (Lipinski definition) is 0. The molecule has 4 rings (SSSR count). The Labute approximate surface area is 142 Å². The van der Waals surface area contributed by atoms with E-state index in [-0.39, 0.29) is 6.17 Å². The molecule has 0 N–H and O–H groups in total. The average Bonchev–Trinajstić information content (AvgIpc) is 3.01. The first-order valence-electron chi connectivity index (χ1n) is 8.17. The van der Waals surface area contributed by atoms with Gasteiger partial charge in [0, 0.05) is 11.3 Å². The van der Waals surface area contributed by atoms with Crippen LogP contribution in [0.15, 0.2) is 96.1 Å². The van der Waals surface area contributed by atoms with E-state index in [4.69, 9.17) is 5.10 Å². The van der Waals surface area contributed by atoms with Crippen LogP contribution in [0.4, 0.5) is 11.4 Å². The molecule has 0 fully saturated rings. The summed E-state index contributed by atoms with van der Waals surface area (Å²) in [6.07, 6.45) is 0.102. The molecule has 0 radical (unpaired) electrons. The van der Waals surface area contributed by atoms with Crippen LogP contribution in [-0.2, 0) is 0 Å². The molecule has 0 amide bonds. The molecule has 1 heterocycles. The summed E-state index contributed by atoms with van der Waals surface area (Å²) in [7, 11) is 0. The smallest absolute Gasteiger partial charge is 0.162 e. The fourth-order valence-corrected chi connectivity index (χ4v) is 3.08. The molecular weight excluding hydrogens is 294 g/mol. The second kappa shape index (κ2) is 6.20. The van der Waals surface area contributed by atoms with Gasteiger partial charge in [0.2, 0.25) is 0 Å². The molecule has 3 nitrogen and oxygen atoms in total. The van der Waals surface area contributed by atoms with E-state index in [1.807, 2.05) is 30.3 Å². The van der Waals surface area contributed by atoms with Crippen LogP contribution < -0.4 is 9.91 Å². The maximum absolute atomic E-state index is 4.94. The lowest BCUT2D eigenvalue weighted by Crippen LogP contribution is -2.40. The van der Waals surface area contributed by atoms with Crippen molar-refractivity contribution in [2.75, 3.05) is 9.91 Å². The number of hydrogen-bond acceptors (Lipinski definition) is 3. The zero-order chi connectivity index (χ0) is 16.4. The summed E-state index contributed by atoms with van der Waals surface area (Å²) in [5.74, 6) is 0.971. The second-order valence-electron chi connectivity index (χ2n) is 5.81. The van der Waals surface area contributed by atoms with Gasteiger partial charge < -0.3 is 4.90 Å². The molecule has 118 valence electrons. The highest BCUT2D eigenvalue weighted by molar-refractivity contribution is 6.12. The van der Waals surface area contributed by atoms with Crippen LogP contribution in [0, 0.1) is 0 Å². The van der Waals surface area contributed by atoms with Crippen molar-refractivity contribution in [2.45, 2.75) is 13.1 Å². The van der Waals surface area contributed by atoms with Gasteiger partial charge in [0.15, 0.2) is 5.84 Å². The third kappa shape index (κ3) is 2.54. The monoisotopic (exact) mass is 313 g/mol. The first-order valence-corrected chi connectivity index (χ1v) is 8.17. The minimum atomic E-state index is 0.102. The normalized spacial score (nSPS) is 17.0. The zero-order valence-electron chi connectivity index (χ0n) is 13.6. The van der Waals surface area contributed by atoms with Crippen LogP contribution in [0.3, 0.4) is 0 Å². The molecule has 3 heteroatoms. The van der Waals surface area contributed by atoms with Gasteiger partial charge in [-0.15, -0.1) is 0 Å². The number of amidine groups is 1. The molecule has 0 bridgehead atoms. The Balaban J connectivity index is 1.82. The number of benzene rings is 3. The topological polar surface area (TPSA) is 18.8 Å². The predicted octanol–water partition coefficient (Wildman–Crippen LogP) is 4.72. The Morgan fingerprint density at radius 3 is 1.75 bits per heavy atom. The summed E-state index contributed by atoms with van der Waals surface area (Å²) in [6, 6.07) is 31.1. The molecule has 0 saturated heterocycles. The molecule has 1 atom stereocenters. The Bertz CT molecular complexity index is 829. The molecule has 0 aromatic heterocycles. The Morgan fingerprint density at radius 1 is 0.667 bits per heavy atom. The summed E-state index contributed by atoms with van der Waals surface area (Å²) in [5, 5.41) is 7.02. The maximum atomic E-state index is 4.94. The molecule has 0 spiro atoms. The lowest BCUT2D eigenvalue weighted by atomic mass is 10.1. The van der Waals surface area contributed by atoms with Crippen molar-refractivity contribution in [3.8, 4) is 0 Å². The zero-order valence-corrected chi connectivity index (χ0v) is 13.6. The molecule has 1 aliphatic heterocycles. The molecule has 1 aliphatic rings. The molecule has 3 aromatic rings. The van der Waals surface area contributed by atoms with Gasteiger partial charge in [-0.1, -0.05) is 66.7 Å². The number of anilines is 2. The Morgan fingerprint density at radius 2 is 1.17 bits per heavy atom. The molecule has 1 unspecified atom stereocenters. The van der Waals surface area contributed by atoms with Gasteiger partial charge in [-0.05, 0) is 31.2 Å². The van der Waals surface area contributed by atoms with E-state index >= 15 is 0 Å². The lowest BCUT2D eigenvalue weighted by molar-refractivity contribution is 0.718. The standard InChI is InChI=1S/C21H19N3/c1-17-23(19-13-7-3-8-14-19)21(18-11-5-2-6-12-18)22-24(17)20-15-9-4-10-16-20/h2-17H,1H3. The van der Waals surface area contributed by atoms with Gasteiger partial charge in [-0.2, -0.15) is 5.10 Å². The third-order valence-electron chi connectivity index (χ3n) is 4.25. The van der Waals surface area contributed by atoms with Crippen LogP contribution in [0.5, 0.6) is 0 Å². The highest BCUT2D eigenvalue weighted by atomic mass is 15.6. The summed E-state index contributed by atoms with van der Waals surface area (Å²) < 4.78 is 0. The largest absolute Gasteiger partial charge is 0.302 e. The maximum Gasteiger partial charge on any atom is 0.162 e. The van der Waals surface area contributed by atoms with E-state index in [1.54, 1.807) is 0 Å². The van der Waals surface area contributed by atoms with Crippen molar-refractivity contribution < 1.29 is 0 Å². The van der Waals surface area contributed by atoms with Crippen LogP contribution in [-0.4, -0.2) is 12.0 Å². The molecule has 3 aromatic carbocycles. The van der Waals surface area contributed by atoms with Gasteiger partial charge in [-0.3, -0.25) is 0 Å². The van der Waals surface area contributed by atoms with E-state index in [9.17, 15) is 0 Å². The van der Waals surface area contributed by atoms with Gasteiger partial charge >= 0.3 is 0 Å². The summed E-state index contributed by atoms with van der Waals surface area (Å²) >= 11 is 0. The summed E-state index contributed by atoms with van der Waals surface area (Å²) in [5.41, 5.74) is 3.36. The lowest BCUT2D eigenvalue weighted by Gasteiger charge is -2.29. The fourth-order valence-electron chi connectivity index (χ4n) is 3.08. The van der Waals surface area contributed by atoms with Crippen molar-refractivity contribution in [1.29, 1.82) is 0 Å². The predicted molar refractivity (Wildman–Crippen MR) is 100 cm³/mol. The number of hydrazone groups is 1. The van der Waals surface area contributed by atoms with E-state index in [0.717, 1.165) is 22.8 Å². The van der Waals surface area contributed by atoms with Crippen LogP contribution in [0.25, 0.3) is 0 Å². The van der Waals surface area contributed by atoms with Crippen molar-refractivity contribution in [3.05, 3.63) is 96.6 Å². The van der Waals surface area contributed by atoms with E-state index in [1.165, 1.54) is 0 Å². The minimum Gasteiger partial charge on any atom is -0.302 e. The number of para-hydroxylation sites is 2. The van der Waals surface area contributed by atoms with Gasteiger partial charge in [-0.25, -0.2) is 5.01 Å². The van der Waals surface area contributed by atoms with E-state index in [0.29, 0.717) is 0 Å². The SMILES string of the molecule is CC1N(c2ccccc2)N=C(c2ccccc2)N1c1ccccc1. The Hall–Kier alpha value is -3.07. The fraction of sp³-hybridized carbons (Fsp3) is 0.0952. The number of rotatable bonds is 3. The highest BCUT2D eigenvalue weighted by Gasteiger charge is 2.33. The summed E-state index contributed by atoms with van der Waals surface area (Å²) in [6.45, 7) is 2.18. The average molecular weight is 313 g/mol. The second-order valence-corrected chi connectivity index (χ2v) is 5.81. The highest BCUT2D eigenvalue weighted by Crippen LogP contribution is 2.31. The van der Waals surface area contributed by atoms with Crippen molar-refractivity contribution >= 4 is 17.2 Å². The first-order chi connectivity index (χ1) is 11.8. The van der Waals surface area contributed by atoms with Gasteiger partial charge in [0.05, 0.1) is 5.69 Å². The molecule has 0 aliphatic carbocycles. The van der Waals surface area contributed by atoms with Crippen molar-refractivity contribution in [1.82, 2.24) is 0 Å². The van der Waals surface area contributed by atoms with Crippen LogP contribution in [0.1, 0.15) is 12.5 Å². The van der Waals surface area contributed by atoms with E-state index in [2.05, 4.69) is 77.5 Å². The van der Waals surface area contributed by atoms with E-state index < -0.39 is 0 Å². The number of nitrogens with zero attached hydrogens (tertiary/aromatic N) is 3. The van der Waals surface area contributed by atoms with Gasteiger partial charge in [0.1, 0.15) is 6.17 Å². The van der Waals surface area contributed by atoms with Gasteiger partial charge in [0.25, 0.3) is 0 Å². The van der Waals surface area contributed by atoms with Crippen LogP contribution >= 0.6 is 0 Å². The molecular formula is C21H19N3. The quantitative estimate of drug-likeness (QED) is 0.696. The molecule has 0 saturated carbocycles. The third-order valence-corrected chi connectivity index (χ3v) is 4.25. The molecule has 24 heavy (non-hydrogen) atoms.